The van der Waals surface area contributed by atoms with Crippen molar-refractivity contribution in [2.75, 3.05) is 20.6 Å². The topological polar surface area (TPSA) is 101 Å². The van der Waals surface area contributed by atoms with Gasteiger partial charge in [0, 0.05) is 14.1 Å². The minimum atomic E-state index is -0.588. The highest BCUT2D eigenvalue weighted by atomic mass is 16.2. The minimum Gasteiger partial charge on any atom is -0.358 e. The van der Waals surface area contributed by atoms with Crippen LogP contribution in [0.3, 0.4) is 0 Å². The Balaban J connectivity index is 0. The maximum absolute atomic E-state index is 9.94. The van der Waals surface area contributed by atoms with Crippen LogP contribution >= 0.6 is 0 Å². The number of aldehydes is 1. The number of hydrogen-bond donors (Lipinski definition) is 3. The molecule has 0 aliphatic rings. The first-order chi connectivity index (χ1) is 5.62. The van der Waals surface area contributed by atoms with Gasteiger partial charge in [-0.1, -0.05) is 0 Å². The molecule has 0 aromatic carbocycles. The third-order valence-electron chi connectivity index (χ3n) is 0.818. The lowest BCUT2D eigenvalue weighted by Gasteiger charge is -1.87. The Labute approximate surface area is 70.5 Å². The first-order valence-electron chi connectivity index (χ1n) is 3.19. The van der Waals surface area contributed by atoms with Gasteiger partial charge in [0.25, 0.3) is 5.91 Å². The van der Waals surface area contributed by atoms with Gasteiger partial charge < -0.3 is 16.4 Å². The molecule has 0 atom stereocenters. The molecule has 0 aliphatic heterocycles. The van der Waals surface area contributed by atoms with Crippen LogP contribution < -0.4 is 16.4 Å². The Morgan fingerprint density at radius 3 is 1.83 bits per heavy atom. The first-order valence-corrected chi connectivity index (χ1v) is 3.19. The van der Waals surface area contributed by atoms with Crippen molar-refractivity contribution in [3.05, 3.63) is 0 Å². The molecule has 6 heteroatoms. The quantitative estimate of drug-likeness (QED) is 0.322. The largest absolute Gasteiger partial charge is 0.358 e. The fourth-order valence-corrected chi connectivity index (χ4v) is 0.161. The van der Waals surface area contributed by atoms with Crippen LogP contribution in [-0.2, 0) is 14.4 Å². The van der Waals surface area contributed by atoms with Crippen LogP contribution in [0.2, 0.25) is 0 Å². The predicted molar refractivity (Wildman–Crippen MR) is 43.3 cm³/mol. The van der Waals surface area contributed by atoms with Crippen LogP contribution in [0.25, 0.3) is 0 Å². The lowest BCUT2D eigenvalue weighted by atomic mass is 10.6. The molecule has 0 saturated carbocycles. The van der Waals surface area contributed by atoms with Crippen LogP contribution in [0.15, 0.2) is 0 Å². The summed E-state index contributed by atoms with van der Waals surface area (Å²) >= 11 is 0. The summed E-state index contributed by atoms with van der Waals surface area (Å²) in [6.45, 7) is 0.0799. The van der Waals surface area contributed by atoms with Crippen molar-refractivity contribution in [2.24, 2.45) is 5.73 Å². The molecule has 2 amide bonds. The smallest absolute Gasteiger partial charge is 0.283 e. The van der Waals surface area contributed by atoms with Crippen molar-refractivity contribution in [3.63, 3.8) is 0 Å². The standard InChI is InChI=1S/C3H8N2O.C3H5NO2/c1-5-3(6)2-4;1-4-3(6)2-5/h2,4H2,1H3,(H,5,6);2H,1H3,(H,4,6). The van der Waals surface area contributed by atoms with E-state index in [0.29, 0.717) is 0 Å². The van der Waals surface area contributed by atoms with Gasteiger partial charge in [0.1, 0.15) is 0 Å². The van der Waals surface area contributed by atoms with E-state index in [1.165, 1.54) is 7.05 Å². The lowest BCUT2D eigenvalue weighted by Crippen LogP contribution is -2.26. The van der Waals surface area contributed by atoms with Crippen molar-refractivity contribution < 1.29 is 14.4 Å². The Morgan fingerprint density at radius 1 is 1.33 bits per heavy atom. The highest BCUT2D eigenvalue weighted by Crippen LogP contribution is 1.46. The molecule has 0 rings (SSSR count). The minimum absolute atomic E-state index is 0.0799. The molecule has 0 radical (unpaired) electrons. The molecule has 0 saturated heterocycles. The van der Waals surface area contributed by atoms with Crippen molar-refractivity contribution in [1.29, 1.82) is 0 Å². The summed E-state index contributed by atoms with van der Waals surface area (Å²) in [6, 6.07) is 0. The van der Waals surface area contributed by atoms with Gasteiger partial charge in [-0.25, -0.2) is 0 Å². The third kappa shape index (κ3) is 11.4. The summed E-state index contributed by atoms with van der Waals surface area (Å²) in [5.74, 6) is -0.718. The van der Waals surface area contributed by atoms with E-state index in [-0.39, 0.29) is 18.7 Å². The molecule has 0 heterocycles. The molecule has 0 spiro atoms. The van der Waals surface area contributed by atoms with E-state index in [1.54, 1.807) is 7.05 Å². The average Bonchev–Trinajstić information content (AvgIpc) is 2.16. The van der Waals surface area contributed by atoms with Crippen LogP contribution in [0.4, 0.5) is 0 Å². The van der Waals surface area contributed by atoms with Crippen LogP contribution in [0.5, 0.6) is 0 Å². The second kappa shape index (κ2) is 9.57. The zero-order valence-corrected chi connectivity index (χ0v) is 7.09. The van der Waals surface area contributed by atoms with Gasteiger partial charge in [-0.05, 0) is 0 Å². The molecule has 0 fully saturated rings. The third-order valence-corrected chi connectivity index (χ3v) is 0.818. The lowest BCUT2D eigenvalue weighted by molar-refractivity contribution is -0.130. The van der Waals surface area contributed by atoms with E-state index in [2.05, 4.69) is 10.6 Å². The fraction of sp³-hybridized carbons (Fsp3) is 0.500. The van der Waals surface area contributed by atoms with E-state index in [4.69, 9.17) is 5.73 Å². The maximum Gasteiger partial charge on any atom is 0.283 e. The number of nitrogens with one attached hydrogen (secondary N) is 2. The Hall–Kier alpha value is -1.43. The summed E-state index contributed by atoms with van der Waals surface area (Å²) < 4.78 is 0. The Kier molecular flexibility index (Phi) is 10.5. The van der Waals surface area contributed by atoms with Crippen molar-refractivity contribution >= 4 is 18.1 Å². The van der Waals surface area contributed by atoms with Gasteiger partial charge in [-0.2, -0.15) is 0 Å². The van der Waals surface area contributed by atoms with Gasteiger partial charge >= 0.3 is 0 Å². The molecule has 4 N–H and O–H groups in total. The van der Waals surface area contributed by atoms with Crippen molar-refractivity contribution in [2.45, 2.75) is 0 Å². The second-order valence-electron chi connectivity index (χ2n) is 1.61. The number of carbonyl (C=O) groups excluding carboxylic acids is 3. The summed E-state index contributed by atoms with van der Waals surface area (Å²) in [6.07, 6.45) is 0.222. The van der Waals surface area contributed by atoms with Gasteiger partial charge in [-0.3, -0.25) is 14.4 Å². The van der Waals surface area contributed by atoms with E-state index >= 15 is 0 Å². The number of rotatable bonds is 2. The van der Waals surface area contributed by atoms with Gasteiger partial charge in [0.15, 0.2) is 0 Å². The normalized spacial score (nSPS) is 7.25. The number of nitrogens with two attached hydrogens (primary N) is 1. The zero-order chi connectivity index (χ0) is 9.98. The van der Waals surface area contributed by atoms with Gasteiger partial charge in [0.05, 0.1) is 6.54 Å². The summed E-state index contributed by atoms with van der Waals surface area (Å²) in [5.41, 5.74) is 4.87. The molecular weight excluding hydrogens is 162 g/mol. The summed E-state index contributed by atoms with van der Waals surface area (Å²) in [5, 5.41) is 4.46. The maximum atomic E-state index is 9.94. The second-order valence-corrected chi connectivity index (χ2v) is 1.61. The average molecular weight is 175 g/mol. The predicted octanol–water partition coefficient (Wildman–Crippen LogP) is -2.38. The molecular formula is C6H13N3O3. The fourth-order valence-electron chi connectivity index (χ4n) is 0.161. The molecule has 12 heavy (non-hydrogen) atoms. The molecule has 0 aliphatic carbocycles. The molecule has 0 aromatic heterocycles. The SMILES string of the molecule is CNC(=O)C=O.CNC(=O)CN. The van der Waals surface area contributed by atoms with E-state index in [9.17, 15) is 14.4 Å². The Morgan fingerprint density at radius 2 is 1.83 bits per heavy atom. The van der Waals surface area contributed by atoms with E-state index in [1.807, 2.05) is 0 Å². The van der Waals surface area contributed by atoms with Gasteiger partial charge in [-0.15, -0.1) is 0 Å². The van der Waals surface area contributed by atoms with Gasteiger partial charge in [0.2, 0.25) is 12.2 Å². The summed E-state index contributed by atoms with van der Waals surface area (Å²) in [7, 11) is 2.95. The number of amides is 2. The highest BCUT2D eigenvalue weighted by Gasteiger charge is 1.85. The van der Waals surface area contributed by atoms with Crippen molar-refractivity contribution in [3.8, 4) is 0 Å². The van der Waals surface area contributed by atoms with Crippen LogP contribution in [-0.4, -0.2) is 38.7 Å². The molecule has 0 unspecified atom stereocenters. The monoisotopic (exact) mass is 175 g/mol. The van der Waals surface area contributed by atoms with Crippen LogP contribution in [0, 0.1) is 0 Å². The summed E-state index contributed by atoms with van der Waals surface area (Å²) in [4.78, 5) is 29.0. The van der Waals surface area contributed by atoms with E-state index in [0.717, 1.165) is 0 Å². The first kappa shape index (κ1) is 13.2. The molecule has 0 aromatic rings. The highest BCUT2D eigenvalue weighted by molar-refractivity contribution is 6.23. The van der Waals surface area contributed by atoms with E-state index < -0.39 is 5.91 Å². The number of carbonyl (C=O) groups is 3. The van der Waals surface area contributed by atoms with Crippen molar-refractivity contribution in [1.82, 2.24) is 10.6 Å². The molecule has 6 nitrogen and oxygen atoms in total. The number of hydrogen-bond acceptors (Lipinski definition) is 4. The molecule has 70 valence electrons. The zero-order valence-electron chi connectivity index (χ0n) is 7.09. The molecule has 0 bridgehead atoms. The number of likely N-dealkylation sites (N-methyl/N-ethyl adjacent to an activating group) is 2. The Bertz CT molecular complexity index is 152. The van der Waals surface area contributed by atoms with Crippen LogP contribution in [0.1, 0.15) is 0 Å².